The maximum Gasteiger partial charge on any atom is 0.241 e. The van der Waals surface area contributed by atoms with Crippen molar-refractivity contribution in [3.05, 3.63) is 0 Å². The molecule has 1 nitrogen and oxygen atoms in total. The van der Waals surface area contributed by atoms with E-state index in [2.05, 4.69) is 20.8 Å². The lowest BCUT2D eigenvalue weighted by atomic mass is 10.4. The summed E-state index contributed by atoms with van der Waals surface area (Å²) in [6.07, 6.45) is 0. The lowest BCUT2D eigenvalue weighted by Crippen LogP contribution is -3.00. The van der Waals surface area contributed by atoms with Crippen LogP contribution in [-0.4, -0.2) is 29.1 Å². The molecule has 0 aromatic rings. The van der Waals surface area contributed by atoms with E-state index in [-0.39, 0.29) is 17.4 Å². The third-order valence-corrected chi connectivity index (χ3v) is 3.13. The molecular weight excluding hydrogens is 204 g/mol. The molecule has 4 heteroatoms. The van der Waals surface area contributed by atoms with Crippen molar-refractivity contribution in [3.8, 4) is 0 Å². The van der Waals surface area contributed by atoms with Gasteiger partial charge in [0.15, 0.2) is 0 Å². The van der Waals surface area contributed by atoms with Crippen LogP contribution < -0.4 is 12.4 Å². The minimum absolute atomic E-state index is 0. The highest BCUT2D eigenvalue weighted by atomic mass is 35.5. The fourth-order valence-electron chi connectivity index (χ4n) is 1.08. The Morgan fingerprint density at radius 2 is 1.27 bits per heavy atom. The van der Waals surface area contributed by atoms with Gasteiger partial charge in [0, 0.05) is 0 Å². The van der Waals surface area contributed by atoms with E-state index in [4.69, 9.17) is 23.2 Å². The number of nitrogens with zero attached hydrogens (tertiary/aromatic N) is 1. The maximum absolute atomic E-state index is 5.84. The molecule has 0 amide bonds. The highest BCUT2D eigenvalue weighted by Gasteiger charge is 2.28. The molecule has 0 aromatic heterocycles. The largest absolute Gasteiger partial charge is 1.00 e. The first-order valence-electron chi connectivity index (χ1n) is 3.76. The van der Waals surface area contributed by atoms with Crippen molar-refractivity contribution < 1.29 is 16.9 Å². The fraction of sp³-hybridized carbons (Fsp3) is 1.00. The van der Waals surface area contributed by atoms with Crippen LogP contribution in [0, 0.1) is 0 Å². The standard InChI is InChI=1S/C7H16Cl2N.ClH/c1-4-10(5-2,6-3)7(8)9;/h7H,4-6H2,1-3H3;1H/q+1;/p-1. The smallest absolute Gasteiger partial charge is 0.241 e. The Labute approximate surface area is 85.7 Å². The predicted molar refractivity (Wildman–Crippen MR) is 47.4 cm³/mol. The lowest BCUT2D eigenvalue weighted by Gasteiger charge is -2.36. The van der Waals surface area contributed by atoms with Gasteiger partial charge in [-0.1, -0.05) is 0 Å². The molecule has 0 unspecified atom stereocenters. The molecule has 0 saturated heterocycles. The maximum atomic E-state index is 5.84. The first-order chi connectivity index (χ1) is 4.63. The van der Waals surface area contributed by atoms with E-state index >= 15 is 0 Å². The molecule has 70 valence electrons. The zero-order valence-electron chi connectivity index (χ0n) is 7.28. The zero-order chi connectivity index (χ0) is 8.20. The Bertz CT molecular complexity index is 83.4. The second kappa shape index (κ2) is 6.36. The van der Waals surface area contributed by atoms with Gasteiger partial charge in [0.2, 0.25) is 4.96 Å². The molecule has 0 atom stereocenters. The Morgan fingerprint density at radius 3 is 1.27 bits per heavy atom. The van der Waals surface area contributed by atoms with E-state index in [0.29, 0.717) is 0 Å². The van der Waals surface area contributed by atoms with Gasteiger partial charge in [0.1, 0.15) is 0 Å². The lowest BCUT2D eigenvalue weighted by molar-refractivity contribution is -0.923. The normalized spacial score (nSPS) is 11.5. The molecule has 0 heterocycles. The van der Waals surface area contributed by atoms with E-state index in [1.54, 1.807) is 0 Å². The topological polar surface area (TPSA) is 0 Å². The van der Waals surface area contributed by atoms with Gasteiger partial charge in [0.25, 0.3) is 0 Å². The van der Waals surface area contributed by atoms with Gasteiger partial charge >= 0.3 is 0 Å². The predicted octanol–water partition coefficient (Wildman–Crippen LogP) is -0.372. The third-order valence-electron chi connectivity index (χ3n) is 2.30. The first kappa shape index (κ1) is 14.4. The van der Waals surface area contributed by atoms with Crippen molar-refractivity contribution in [3.63, 3.8) is 0 Å². The second-order valence-electron chi connectivity index (χ2n) is 2.44. The Kier molecular flexibility index (Phi) is 8.30. The van der Waals surface area contributed by atoms with E-state index in [1.807, 2.05) is 0 Å². The Balaban J connectivity index is 0. The molecule has 0 aliphatic heterocycles. The number of quaternary nitrogens is 1. The molecule has 0 saturated carbocycles. The number of halogens is 3. The van der Waals surface area contributed by atoms with Gasteiger partial charge < -0.3 is 12.4 Å². The number of hydrogen-bond donors (Lipinski definition) is 0. The summed E-state index contributed by atoms with van der Waals surface area (Å²) in [7, 11) is 0. The van der Waals surface area contributed by atoms with Crippen LogP contribution in [0.5, 0.6) is 0 Å². The minimum atomic E-state index is -0.278. The SMILES string of the molecule is CC[N+](CC)(CC)C(Cl)Cl.[Cl-]. The van der Waals surface area contributed by atoms with E-state index < -0.39 is 0 Å². The zero-order valence-corrected chi connectivity index (χ0v) is 9.55. The van der Waals surface area contributed by atoms with Gasteiger partial charge in [-0.15, -0.1) is 0 Å². The molecule has 0 radical (unpaired) electrons. The van der Waals surface area contributed by atoms with Crippen LogP contribution in [0.1, 0.15) is 20.8 Å². The molecule has 0 aliphatic carbocycles. The summed E-state index contributed by atoms with van der Waals surface area (Å²) in [5, 5.41) is 0. The summed E-state index contributed by atoms with van der Waals surface area (Å²) in [5.74, 6) is 0. The summed E-state index contributed by atoms with van der Waals surface area (Å²) in [4.78, 5) is -0.278. The van der Waals surface area contributed by atoms with Crippen molar-refractivity contribution in [2.75, 3.05) is 19.6 Å². The highest BCUT2D eigenvalue weighted by molar-refractivity contribution is 6.43. The Hall–Kier alpha value is 0.830. The molecule has 0 spiro atoms. The van der Waals surface area contributed by atoms with Crippen molar-refractivity contribution in [2.45, 2.75) is 25.7 Å². The Morgan fingerprint density at radius 1 is 1.00 bits per heavy atom. The number of alkyl halides is 2. The summed E-state index contributed by atoms with van der Waals surface area (Å²) < 4.78 is 0.795. The molecule has 11 heavy (non-hydrogen) atoms. The van der Waals surface area contributed by atoms with Gasteiger partial charge in [-0.2, -0.15) is 0 Å². The van der Waals surface area contributed by atoms with E-state index in [1.165, 1.54) is 0 Å². The van der Waals surface area contributed by atoms with Crippen LogP contribution in [0.15, 0.2) is 0 Å². The fourth-order valence-corrected chi connectivity index (χ4v) is 1.91. The van der Waals surface area contributed by atoms with Crippen molar-refractivity contribution in [1.29, 1.82) is 0 Å². The average molecular weight is 221 g/mol. The van der Waals surface area contributed by atoms with Crippen LogP contribution in [0.4, 0.5) is 0 Å². The third kappa shape index (κ3) is 3.37. The molecular formula is C7H16Cl3N. The molecule has 0 aromatic carbocycles. The van der Waals surface area contributed by atoms with Crippen LogP contribution in [0.2, 0.25) is 0 Å². The highest BCUT2D eigenvalue weighted by Crippen LogP contribution is 2.19. The summed E-state index contributed by atoms with van der Waals surface area (Å²) in [5.41, 5.74) is 0. The average Bonchev–Trinajstić information content (AvgIpc) is 1.92. The summed E-state index contributed by atoms with van der Waals surface area (Å²) in [6, 6.07) is 0. The van der Waals surface area contributed by atoms with Crippen molar-refractivity contribution >= 4 is 23.2 Å². The quantitative estimate of drug-likeness (QED) is 0.345. The van der Waals surface area contributed by atoms with Gasteiger partial charge in [-0.25, -0.2) is 0 Å². The second-order valence-corrected chi connectivity index (χ2v) is 3.50. The van der Waals surface area contributed by atoms with Gasteiger partial charge in [-0.3, -0.25) is 4.48 Å². The summed E-state index contributed by atoms with van der Waals surface area (Å²) >= 11 is 11.7. The monoisotopic (exact) mass is 219 g/mol. The van der Waals surface area contributed by atoms with Crippen molar-refractivity contribution in [2.24, 2.45) is 0 Å². The molecule has 0 aliphatic rings. The van der Waals surface area contributed by atoms with E-state index in [0.717, 1.165) is 24.1 Å². The van der Waals surface area contributed by atoms with Crippen LogP contribution in [0.25, 0.3) is 0 Å². The van der Waals surface area contributed by atoms with Gasteiger partial charge in [-0.05, 0) is 44.0 Å². The molecule has 0 rings (SSSR count). The number of hydrogen-bond acceptors (Lipinski definition) is 0. The van der Waals surface area contributed by atoms with Crippen LogP contribution in [-0.2, 0) is 0 Å². The molecule has 0 fully saturated rings. The van der Waals surface area contributed by atoms with Crippen LogP contribution >= 0.6 is 23.2 Å². The minimum Gasteiger partial charge on any atom is -1.00 e. The van der Waals surface area contributed by atoms with Gasteiger partial charge in [0.05, 0.1) is 19.6 Å². The van der Waals surface area contributed by atoms with Crippen molar-refractivity contribution in [1.82, 2.24) is 0 Å². The molecule has 0 N–H and O–H groups in total. The van der Waals surface area contributed by atoms with Crippen LogP contribution in [0.3, 0.4) is 0 Å². The van der Waals surface area contributed by atoms with E-state index in [9.17, 15) is 0 Å². The first-order valence-corrected chi connectivity index (χ1v) is 4.64. The number of rotatable bonds is 4. The summed E-state index contributed by atoms with van der Waals surface area (Å²) in [6.45, 7) is 9.36. The molecule has 0 bridgehead atoms.